The quantitative estimate of drug-likeness (QED) is 0.0614. The number of anilines is 4. The summed E-state index contributed by atoms with van der Waals surface area (Å²) < 4.78 is 33.0. The Morgan fingerprint density at radius 2 is 0.805 bits per heavy atom. The normalized spacial score (nSPS) is 15.8. The van der Waals surface area contributed by atoms with Crippen molar-refractivity contribution in [3.05, 3.63) is 212 Å². The van der Waals surface area contributed by atoms with E-state index in [4.69, 9.17) is 29.4 Å². The van der Waals surface area contributed by atoms with Crippen LogP contribution in [0.2, 0.25) is 0 Å². The number of aromatic nitrogens is 16. The Kier molecular flexibility index (Phi) is 25.3. The Balaban J connectivity index is 0.000000115. The second kappa shape index (κ2) is 37.5. The average molecular weight is 1720 g/mol. The van der Waals surface area contributed by atoms with Crippen molar-refractivity contribution in [2.45, 2.75) is 64.8 Å². The van der Waals surface area contributed by atoms with Gasteiger partial charge in [0.05, 0.1) is 139 Å². The number of rotatable bonds is 22. The average Bonchev–Trinajstić information content (AvgIpc) is 1.63. The van der Waals surface area contributed by atoms with Crippen molar-refractivity contribution in [3.63, 3.8) is 0 Å². The molecule has 0 aliphatic carbocycles. The molecule has 0 bridgehead atoms. The number of pyridine rings is 4. The third-order valence-corrected chi connectivity index (χ3v) is 26.0. The monoisotopic (exact) mass is 1720 g/mol. The Bertz CT molecular complexity index is 6630. The third-order valence-electron chi connectivity index (χ3n) is 26.0. The van der Waals surface area contributed by atoms with Crippen LogP contribution in [0.5, 0.6) is 5.75 Å². The van der Waals surface area contributed by atoms with E-state index in [0.717, 1.165) is 242 Å². The van der Waals surface area contributed by atoms with Gasteiger partial charge in [0.2, 0.25) is 0 Å². The minimum absolute atomic E-state index is 0.240. The highest BCUT2D eigenvalue weighted by Crippen LogP contribution is 2.39. The van der Waals surface area contributed by atoms with Crippen molar-refractivity contribution in [2.75, 3.05) is 208 Å². The van der Waals surface area contributed by atoms with Crippen LogP contribution in [0.15, 0.2) is 184 Å². The summed E-state index contributed by atoms with van der Waals surface area (Å²) in [6.45, 7) is 26.6. The van der Waals surface area contributed by atoms with Gasteiger partial charge in [-0.25, -0.2) is 42.4 Å². The van der Waals surface area contributed by atoms with Crippen molar-refractivity contribution in [1.29, 1.82) is 0 Å². The number of fused-ring (bicyclic) bond motifs is 8. The molecule has 21 rings (SSSR count). The Morgan fingerprint density at radius 3 is 1.25 bits per heavy atom. The van der Waals surface area contributed by atoms with E-state index in [1.54, 1.807) is 20.2 Å². The van der Waals surface area contributed by atoms with Gasteiger partial charge in [0.15, 0.2) is 22.6 Å². The van der Waals surface area contributed by atoms with E-state index in [9.17, 15) is 4.39 Å². The zero-order chi connectivity index (χ0) is 88.5. The summed E-state index contributed by atoms with van der Waals surface area (Å²) in [5, 5.41) is 22.6. The number of likely N-dealkylation sites (N-methyl/N-ethyl adjacent to an activating group) is 6. The summed E-state index contributed by atoms with van der Waals surface area (Å²) >= 11 is 0. The van der Waals surface area contributed by atoms with E-state index < -0.39 is 0 Å². The molecule has 0 spiro atoms. The molecule has 30 heteroatoms. The maximum Gasteiger partial charge on any atom is 0.162 e. The molecule has 5 aliphatic rings. The number of hydrogen-bond donors (Lipinski definition) is 0. The Morgan fingerprint density at radius 1 is 0.391 bits per heavy atom. The topological polar surface area (TPSA) is 226 Å². The number of piperidine rings is 1. The van der Waals surface area contributed by atoms with E-state index in [1.807, 2.05) is 137 Å². The Hall–Kier alpha value is -12.4. The molecule has 16 aromatic rings. The number of aryl methyl sites for hydroxylation is 4. The maximum atomic E-state index is 14.1. The van der Waals surface area contributed by atoms with Gasteiger partial charge in [0.25, 0.3) is 0 Å². The second-order valence-electron chi connectivity index (χ2n) is 35.8. The zero-order valence-corrected chi connectivity index (χ0v) is 76.0. The van der Waals surface area contributed by atoms with E-state index in [1.165, 1.54) is 45.1 Å². The molecule has 5 aliphatic heterocycles. The summed E-state index contributed by atoms with van der Waals surface area (Å²) in [4.78, 5) is 63.4. The summed E-state index contributed by atoms with van der Waals surface area (Å²) in [5.41, 5.74) is 23.2. The third kappa shape index (κ3) is 18.4. The van der Waals surface area contributed by atoms with Crippen molar-refractivity contribution < 1.29 is 13.9 Å². The lowest BCUT2D eigenvalue weighted by Gasteiger charge is -2.45. The number of ether oxygens (including phenoxy) is 2. The molecule has 5 saturated heterocycles. The van der Waals surface area contributed by atoms with E-state index >= 15 is 0 Å². The minimum Gasteiger partial charge on any atom is -0.496 e. The SMILES string of the molecule is COc1cc2c(-c3cnn4cc(N5CC(N(C)CCN(C)C)C5)cnc34)ccnc2cc1C.Cc1cc(-c2cnn3cc(N4CC(N(C)CCN(C)C)C4)cnc23)c2ccccc2n1.Cc1cc(-c2cnn3cc(N4CC(OCCN(C)C)C4)cnc23)c2ccccc2n1.Cc1cc2c(-c3cnn4cc(N5CCC(N6CCN(C)CC6)CC5)cnc34)ccnc2cc1F. The van der Waals surface area contributed by atoms with Crippen LogP contribution in [0.1, 0.15) is 35.4 Å². The van der Waals surface area contributed by atoms with Crippen molar-refractivity contribution >= 4 is 88.9 Å². The smallest absolute Gasteiger partial charge is 0.162 e. The molecular formula is C98H116FN27O2. The van der Waals surface area contributed by atoms with Crippen LogP contribution < -0.4 is 24.3 Å². The fourth-order valence-corrected chi connectivity index (χ4v) is 18.0. The molecule has 0 saturated carbocycles. The number of halogens is 1. The van der Waals surface area contributed by atoms with Crippen LogP contribution in [-0.2, 0) is 4.74 Å². The van der Waals surface area contributed by atoms with Gasteiger partial charge in [-0.3, -0.25) is 34.6 Å². The molecule has 5 fully saturated rings. The van der Waals surface area contributed by atoms with Crippen LogP contribution in [0.4, 0.5) is 27.1 Å². The van der Waals surface area contributed by atoms with Gasteiger partial charge in [-0.2, -0.15) is 20.4 Å². The number of para-hydroxylation sites is 2. The molecule has 17 heterocycles. The largest absolute Gasteiger partial charge is 0.496 e. The molecule has 0 N–H and O–H groups in total. The van der Waals surface area contributed by atoms with Gasteiger partial charge >= 0.3 is 0 Å². The molecule has 0 radical (unpaired) electrons. The van der Waals surface area contributed by atoms with Gasteiger partial charge in [0.1, 0.15) is 11.6 Å². The first-order valence-corrected chi connectivity index (χ1v) is 44.5. The van der Waals surface area contributed by atoms with Gasteiger partial charge in [-0.15, -0.1) is 0 Å². The summed E-state index contributed by atoms with van der Waals surface area (Å²) in [6, 6.07) is 34.0. The molecule has 29 nitrogen and oxygen atoms in total. The van der Waals surface area contributed by atoms with Crippen molar-refractivity contribution in [1.82, 2.24) is 113 Å². The van der Waals surface area contributed by atoms with Crippen LogP contribution in [0.3, 0.4) is 0 Å². The number of nitrogens with zero attached hydrogens (tertiary/aromatic N) is 27. The zero-order valence-electron chi connectivity index (χ0n) is 76.0. The predicted octanol–water partition coefficient (Wildman–Crippen LogP) is 12.5. The number of hydrogen-bond acceptors (Lipinski definition) is 25. The molecule has 0 amide bonds. The lowest BCUT2D eigenvalue weighted by Crippen LogP contribution is -2.59. The van der Waals surface area contributed by atoms with E-state index in [-0.39, 0.29) is 5.82 Å². The van der Waals surface area contributed by atoms with Crippen LogP contribution in [-0.4, -0.2) is 325 Å². The number of benzene rings is 4. The highest BCUT2D eigenvalue weighted by atomic mass is 19.1. The van der Waals surface area contributed by atoms with Crippen LogP contribution in [0, 0.1) is 33.5 Å². The predicted molar refractivity (Wildman–Crippen MR) is 510 cm³/mol. The summed E-state index contributed by atoms with van der Waals surface area (Å²) in [6.07, 6.45) is 29.9. The fraction of sp³-hybridized carbons (Fsp3) is 0.388. The first-order chi connectivity index (χ1) is 62.1. The summed E-state index contributed by atoms with van der Waals surface area (Å²) in [7, 11) is 20.9. The Labute approximate surface area is 746 Å². The van der Waals surface area contributed by atoms with Crippen molar-refractivity contribution in [2.24, 2.45) is 0 Å². The molecule has 12 aromatic heterocycles. The molecule has 0 atom stereocenters. The van der Waals surface area contributed by atoms with Crippen molar-refractivity contribution in [3.8, 4) is 50.3 Å². The van der Waals surface area contributed by atoms with Gasteiger partial charge in [0, 0.05) is 203 Å². The van der Waals surface area contributed by atoms with Gasteiger partial charge in [-0.05, 0) is 192 Å². The van der Waals surface area contributed by atoms with E-state index in [0.29, 0.717) is 35.3 Å². The highest BCUT2D eigenvalue weighted by Gasteiger charge is 2.35. The second-order valence-corrected chi connectivity index (χ2v) is 35.8. The maximum absolute atomic E-state index is 14.1. The van der Waals surface area contributed by atoms with Crippen LogP contribution in [0.25, 0.3) is 111 Å². The lowest BCUT2D eigenvalue weighted by atomic mass is 10.0. The van der Waals surface area contributed by atoms with Crippen LogP contribution >= 0.6 is 0 Å². The van der Waals surface area contributed by atoms with Gasteiger partial charge in [-0.1, -0.05) is 36.4 Å². The molecule has 662 valence electrons. The first-order valence-electron chi connectivity index (χ1n) is 44.5. The number of methoxy groups -OCH3 is 1. The standard InChI is InChI=1S/C26H30FN7.C25H31N7O.C24H29N7.C23H26N6O/c1-18-13-22-21(3-6-28-25(22)14-24(18)27)23-16-30-34-17-20(15-29-26(23)34)32-7-4-19(5-8-32)33-11-9-31(2)10-12-33;1-17-10-23-21(11-24(17)33-5)20(6-7-26-23)22-13-28-32-16-18(12-27-25(22)32)31-14-19(15-31)30(4)9-8-29(2)3;1-17-11-21(20-7-5-6-8-23(20)27-17)22-13-26-31-16-18(12-25-24(22)31)30-14-19(15-30)29(4)10-9-28(2)3;1-16-10-20(19-6-4-5-7-22(19)26-16)21-12-25-29-13-17(11-24-23(21)29)28-14-18(15-28)30-9-8-27(2)3/h3,6,13-17,19H,4-5,7-12H2,1-2H3;6-7,10-13,16,19H,8-9,14-15H2,1-5H3;5-8,11-13,16,19H,9-10,14-15H2,1-4H3;4-7,10-13,18H,8-9,14-15H2,1-3H3. The molecule has 0 unspecified atom stereocenters. The fourth-order valence-electron chi connectivity index (χ4n) is 18.0. The first kappa shape index (κ1) is 86.4. The summed E-state index contributed by atoms with van der Waals surface area (Å²) in [5.74, 6) is 0.613. The molecular weight excluding hydrogens is 1610 g/mol. The lowest BCUT2D eigenvalue weighted by molar-refractivity contribution is 0.0268. The van der Waals surface area contributed by atoms with E-state index in [2.05, 4.69) is 231 Å². The highest BCUT2D eigenvalue weighted by molar-refractivity contribution is 6.02. The minimum atomic E-state index is -0.240. The molecule has 128 heavy (non-hydrogen) atoms. The molecule has 4 aromatic carbocycles. The van der Waals surface area contributed by atoms with Gasteiger partial charge < -0.3 is 48.7 Å². The number of piperazine rings is 1.